The fourth-order valence-corrected chi connectivity index (χ4v) is 3.97. The van der Waals surface area contributed by atoms with Crippen molar-refractivity contribution in [2.24, 2.45) is 0 Å². The molecule has 29 heavy (non-hydrogen) atoms. The summed E-state index contributed by atoms with van der Waals surface area (Å²) in [4.78, 5) is 9.63. The minimum absolute atomic E-state index is 0.334. The van der Waals surface area contributed by atoms with E-state index in [1.165, 1.54) is 16.8 Å². The van der Waals surface area contributed by atoms with Crippen molar-refractivity contribution in [3.8, 4) is 0 Å². The van der Waals surface area contributed by atoms with E-state index in [-0.39, 0.29) is 0 Å². The van der Waals surface area contributed by atoms with Crippen LogP contribution in [0.2, 0.25) is 0 Å². The van der Waals surface area contributed by atoms with E-state index in [0.29, 0.717) is 6.04 Å². The molecule has 0 saturated carbocycles. The Labute approximate surface area is 173 Å². The number of hydrogen-bond donors (Lipinski definition) is 1. The zero-order chi connectivity index (χ0) is 20.1. The van der Waals surface area contributed by atoms with Gasteiger partial charge in [-0.1, -0.05) is 24.3 Å². The lowest BCUT2D eigenvalue weighted by atomic mass is 10.1. The second-order valence-electron chi connectivity index (χ2n) is 7.76. The third kappa shape index (κ3) is 4.77. The Hall–Kier alpha value is -2.86. The largest absolute Gasteiger partial charge is 0.368 e. The first-order chi connectivity index (χ1) is 14.2. The zero-order valence-corrected chi connectivity index (χ0v) is 17.3. The number of pyridine rings is 1. The first-order valence-electron chi connectivity index (χ1n) is 10.4. The molecule has 1 aromatic carbocycles. The summed E-state index contributed by atoms with van der Waals surface area (Å²) >= 11 is 0. The van der Waals surface area contributed by atoms with E-state index < -0.39 is 0 Å². The van der Waals surface area contributed by atoms with Gasteiger partial charge in [0.1, 0.15) is 5.82 Å². The summed E-state index contributed by atoms with van der Waals surface area (Å²) in [6.45, 7) is 10.1. The molecular weight excluding hydrogens is 360 g/mol. The normalized spacial score (nSPS) is 15.5. The maximum atomic E-state index is 4.72. The number of nitrogens with one attached hydrogen (secondary N) is 1. The minimum atomic E-state index is 0.334. The minimum Gasteiger partial charge on any atom is -0.368 e. The lowest BCUT2D eigenvalue weighted by molar-refractivity contribution is 0.450. The van der Waals surface area contributed by atoms with Gasteiger partial charge in [-0.25, -0.2) is 4.98 Å². The van der Waals surface area contributed by atoms with Crippen LogP contribution in [0.4, 0.5) is 11.5 Å². The van der Waals surface area contributed by atoms with Gasteiger partial charge in [-0.05, 0) is 37.6 Å². The highest BCUT2D eigenvalue weighted by Gasteiger charge is 2.21. The van der Waals surface area contributed by atoms with Gasteiger partial charge < -0.3 is 15.1 Å². The predicted octanol–water partition coefficient (Wildman–Crippen LogP) is 3.09. The third-order valence-corrected chi connectivity index (χ3v) is 5.56. The summed E-state index contributed by atoms with van der Waals surface area (Å²) in [6.07, 6.45) is 5.73. The Morgan fingerprint density at radius 1 is 0.966 bits per heavy atom. The van der Waals surface area contributed by atoms with E-state index in [1.807, 2.05) is 35.4 Å². The second kappa shape index (κ2) is 9.09. The highest BCUT2D eigenvalue weighted by atomic mass is 15.3. The van der Waals surface area contributed by atoms with Gasteiger partial charge in [0.15, 0.2) is 0 Å². The molecule has 4 rings (SSSR count). The van der Waals surface area contributed by atoms with Crippen LogP contribution < -0.4 is 15.1 Å². The number of rotatable bonds is 7. The molecule has 1 fully saturated rings. The standard InChI is InChI=1S/C23H30N6/c1-19-7-3-4-9-22(19)27-13-15-28(16-14-27)23-21(8-5-10-24-23)17-25-20(2)18-29-12-6-11-26-29/h3-12,20,25H,13-18H2,1-2H3/t20-/m0/s1. The summed E-state index contributed by atoms with van der Waals surface area (Å²) in [5, 5.41) is 7.91. The van der Waals surface area contributed by atoms with Gasteiger partial charge in [0.05, 0.1) is 6.54 Å². The molecule has 0 unspecified atom stereocenters. The van der Waals surface area contributed by atoms with E-state index in [4.69, 9.17) is 4.98 Å². The van der Waals surface area contributed by atoms with E-state index in [9.17, 15) is 0 Å². The fourth-order valence-electron chi connectivity index (χ4n) is 3.97. The van der Waals surface area contributed by atoms with Crippen LogP contribution in [-0.2, 0) is 13.1 Å². The molecule has 0 aliphatic carbocycles. The second-order valence-corrected chi connectivity index (χ2v) is 7.76. The predicted molar refractivity (Wildman–Crippen MR) is 118 cm³/mol. The molecule has 1 N–H and O–H groups in total. The quantitative estimate of drug-likeness (QED) is 0.672. The molecule has 6 nitrogen and oxygen atoms in total. The number of aryl methyl sites for hydroxylation is 1. The fraction of sp³-hybridized carbons (Fsp3) is 0.391. The Kier molecular flexibility index (Phi) is 6.10. The number of benzene rings is 1. The first kappa shape index (κ1) is 19.5. The van der Waals surface area contributed by atoms with Crippen LogP contribution in [0.15, 0.2) is 61.1 Å². The summed E-state index contributed by atoms with van der Waals surface area (Å²) in [7, 11) is 0. The molecule has 1 saturated heterocycles. The van der Waals surface area contributed by atoms with Crippen LogP contribution in [0.1, 0.15) is 18.1 Å². The Bertz CT molecular complexity index is 899. The molecule has 1 aliphatic rings. The Morgan fingerprint density at radius 3 is 2.52 bits per heavy atom. The maximum Gasteiger partial charge on any atom is 0.133 e. The van der Waals surface area contributed by atoms with Gasteiger partial charge in [0, 0.05) is 68.6 Å². The van der Waals surface area contributed by atoms with Gasteiger partial charge in [0.25, 0.3) is 0 Å². The summed E-state index contributed by atoms with van der Waals surface area (Å²) in [5.74, 6) is 1.11. The summed E-state index contributed by atoms with van der Waals surface area (Å²) < 4.78 is 1.96. The van der Waals surface area contributed by atoms with Gasteiger partial charge >= 0.3 is 0 Å². The van der Waals surface area contributed by atoms with Crippen LogP contribution in [-0.4, -0.2) is 47.0 Å². The topological polar surface area (TPSA) is 49.2 Å². The van der Waals surface area contributed by atoms with Crippen LogP contribution in [0, 0.1) is 6.92 Å². The van der Waals surface area contributed by atoms with Crippen molar-refractivity contribution in [1.82, 2.24) is 20.1 Å². The average Bonchev–Trinajstić information content (AvgIpc) is 3.26. The molecule has 0 bridgehead atoms. The van der Waals surface area contributed by atoms with E-state index in [0.717, 1.165) is 45.1 Å². The number of para-hydroxylation sites is 1. The highest BCUT2D eigenvalue weighted by molar-refractivity contribution is 5.55. The molecule has 1 aliphatic heterocycles. The number of piperazine rings is 1. The van der Waals surface area contributed by atoms with E-state index in [2.05, 4.69) is 64.4 Å². The molecule has 0 amide bonds. The van der Waals surface area contributed by atoms with Crippen molar-refractivity contribution in [2.75, 3.05) is 36.0 Å². The van der Waals surface area contributed by atoms with Gasteiger partial charge in [-0.2, -0.15) is 5.10 Å². The van der Waals surface area contributed by atoms with Crippen molar-refractivity contribution in [1.29, 1.82) is 0 Å². The molecule has 3 heterocycles. The monoisotopic (exact) mass is 390 g/mol. The summed E-state index contributed by atoms with van der Waals surface area (Å²) in [6, 6.07) is 15.2. The third-order valence-electron chi connectivity index (χ3n) is 5.56. The smallest absolute Gasteiger partial charge is 0.133 e. The number of aromatic nitrogens is 3. The van der Waals surface area contributed by atoms with Gasteiger partial charge in [-0.15, -0.1) is 0 Å². The number of hydrogen-bond acceptors (Lipinski definition) is 5. The molecule has 3 aromatic rings. The first-order valence-corrected chi connectivity index (χ1v) is 10.4. The van der Waals surface area contributed by atoms with Crippen molar-refractivity contribution < 1.29 is 0 Å². The molecule has 0 spiro atoms. The molecule has 0 radical (unpaired) electrons. The zero-order valence-electron chi connectivity index (χ0n) is 17.3. The molecule has 2 aromatic heterocycles. The number of anilines is 2. The van der Waals surface area contributed by atoms with Crippen molar-refractivity contribution in [2.45, 2.75) is 33.0 Å². The molecule has 1 atom stereocenters. The summed E-state index contributed by atoms with van der Waals surface area (Å²) in [5.41, 5.74) is 3.95. The lowest BCUT2D eigenvalue weighted by Crippen LogP contribution is -2.47. The average molecular weight is 391 g/mol. The SMILES string of the molecule is Cc1ccccc1N1CCN(c2ncccc2CN[C@@H](C)Cn2cccn2)CC1. The van der Waals surface area contributed by atoms with Crippen LogP contribution in [0.3, 0.4) is 0 Å². The lowest BCUT2D eigenvalue weighted by Gasteiger charge is -2.38. The van der Waals surface area contributed by atoms with Crippen molar-refractivity contribution >= 4 is 11.5 Å². The van der Waals surface area contributed by atoms with Crippen molar-refractivity contribution in [3.05, 3.63) is 72.2 Å². The molecule has 6 heteroatoms. The molecular formula is C23H30N6. The molecule has 152 valence electrons. The van der Waals surface area contributed by atoms with Crippen LogP contribution in [0.5, 0.6) is 0 Å². The van der Waals surface area contributed by atoms with Gasteiger partial charge in [-0.3, -0.25) is 4.68 Å². The van der Waals surface area contributed by atoms with E-state index in [1.54, 1.807) is 0 Å². The Morgan fingerprint density at radius 2 is 1.76 bits per heavy atom. The maximum absolute atomic E-state index is 4.72. The van der Waals surface area contributed by atoms with Crippen molar-refractivity contribution in [3.63, 3.8) is 0 Å². The van der Waals surface area contributed by atoms with E-state index >= 15 is 0 Å². The van der Waals surface area contributed by atoms with Gasteiger partial charge in [0.2, 0.25) is 0 Å². The van der Waals surface area contributed by atoms with Crippen LogP contribution >= 0.6 is 0 Å². The highest BCUT2D eigenvalue weighted by Crippen LogP contribution is 2.24. The van der Waals surface area contributed by atoms with Crippen LogP contribution in [0.25, 0.3) is 0 Å². The Balaban J connectivity index is 1.36. The number of nitrogens with zero attached hydrogens (tertiary/aromatic N) is 5.